The Bertz CT molecular complexity index is 1320. The zero-order chi connectivity index (χ0) is 26.1. The molecule has 0 aliphatic carbocycles. The summed E-state index contributed by atoms with van der Waals surface area (Å²) >= 11 is 0. The van der Waals surface area contributed by atoms with Gasteiger partial charge in [0.05, 0.1) is 24.5 Å². The second-order valence-electron chi connectivity index (χ2n) is 9.88. The van der Waals surface area contributed by atoms with Crippen LogP contribution in [0.2, 0.25) is 0 Å². The van der Waals surface area contributed by atoms with E-state index in [2.05, 4.69) is 17.0 Å². The lowest BCUT2D eigenvalue weighted by molar-refractivity contribution is -0.142. The highest BCUT2D eigenvalue weighted by Gasteiger charge is 2.50. The van der Waals surface area contributed by atoms with Crippen molar-refractivity contribution in [3.8, 4) is 5.75 Å². The maximum Gasteiger partial charge on any atom is 0.296 e. The number of amides is 1. The molecule has 3 heterocycles. The Morgan fingerprint density at radius 1 is 1.05 bits per heavy atom. The number of ether oxygens (including phenoxy) is 1. The van der Waals surface area contributed by atoms with E-state index in [-0.39, 0.29) is 17.4 Å². The van der Waals surface area contributed by atoms with Gasteiger partial charge in [0.2, 0.25) is 0 Å². The molecule has 1 atom stereocenters. The van der Waals surface area contributed by atoms with E-state index >= 15 is 0 Å². The smallest absolute Gasteiger partial charge is 0.296 e. The lowest BCUT2D eigenvalue weighted by Gasteiger charge is -2.38. The number of hydrogen-bond acceptors (Lipinski definition) is 6. The molecular formula is C30H32N2O5. The van der Waals surface area contributed by atoms with Crippen molar-refractivity contribution in [1.29, 1.82) is 0 Å². The Hall–Kier alpha value is -3.84. The number of likely N-dealkylation sites (tertiary alicyclic amines) is 2. The number of Topliss-reactive ketones (excluding diaryl/α,β-unsaturated/α-hetero) is 1. The number of furan rings is 1. The molecule has 0 bridgehead atoms. The Morgan fingerprint density at radius 2 is 1.78 bits per heavy atom. The van der Waals surface area contributed by atoms with Crippen molar-refractivity contribution in [2.75, 3.05) is 20.2 Å². The zero-order valence-corrected chi connectivity index (χ0v) is 21.4. The van der Waals surface area contributed by atoms with Gasteiger partial charge in [-0.25, -0.2) is 0 Å². The van der Waals surface area contributed by atoms with Crippen LogP contribution in [0.15, 0.2) is 70.9 Å². The van der Waals surface area contributed by atoms with E-state index in [1.165, 1.54) is 18.9 Å². The summed E-state index contributed by atoms with van der Waals surface area (Å²) in [5, 5.41) is 11.5. The van der Waals surface area contributed by atoms with Crippen LogP contribution in [0.1, 0.15) is 46.9 Å². The summed E-state index contributed by atoms with van der Waals surface area (Å²) in [5.74, 6) is -0.621. The van der Waals surface area contributed by atoms with Crippen LogP contribution >= 0.6 is 0 Å². The van der Waals surface area contributed by atoms with Crippen molar-refractivity contribution in [1.82, 2.24) is 9.80 Å². The van der Waals surface area contributed by atoms with Crippen LogP contribution in [0.4, 0.5) is 0 Å². The van der Waals surface area contributed by atoms with Gasteiger partial charge in [-0.15, -0.1) is 0 Å². The predicted molar refractivity (Wildman–Crippen MR) is 140 cm³/mol. The number of piperidine rings is 1. The van der Waals surface area contributed by atoms with E-state index in [0.29, 0.717) is 17.1 Å². The van der Waals surface area contributed by atoms with Crippen molar-refractivity contribution in [3.63, 3.8) is 0 Å². The number of nitrogens with zero attached hydrogens (tertiary/aromatic N) is 2. The largest absolute Gasteiger partial charge is 0.507 e. The SMILES string of the molecule is COc1c(C)cc(C)cc1/C(O)=C1/C(=O)C(=O)N(C2CCN(Cc3ccccc3)CC2)C1c1ccco1. The number of aliphatic hydroxyl groups is 1. The summed E-state index contributed by atoms with van der Waals surface area (Å²) in [6.07, 6.45) is 2.98. The lowest BCUT2D eigenvalue weighted by atomic mass is 9.95. The molecule has 2 aliphatic rings. The molecule has 0 spiro atoms. The fourth-order valence-corrected chi connectivity index (χ4v) is 5.70. The van der Waals surface area contributed by atoms with Crippen LogP contribution in [0, 0.1) is 13.8 Å². The quantitative estimate of drug-likeness (QED) is 0.292. The van der Waals surface area contributed by atoms with Crippen molar-refractivity contribution in [3.05, 3.63) is 94.4 Å². The third-order valence-corrected chi connectivity index (χ3v) is 7.37. The monoisotopic (exact) mass is 500 g/mol. The van der Waals surface area contributed by atoms with Gasteiger partial charge in [0.1, 0.15) is 23.3 Å². The number of carbonyl (C=O) groups excluding carboxylic acids is 2. The highest BCUT2D eigenvalue weighted by Crippen LogP contribution is 2.44. The lowest BCUT2D eigenvalue weighted by Crippen LogP contribution is -2.46. The number of benzene rings is 2. The Balaban J connectivity index is 1.49. The topological polar surface area (TPSA) is 83.2 Å². The molecule has 3 aromatic rings. The molecule has 37 heavy (non-hydrogen) atoms. The molecule has 2 saturated heterocycles. The predicted octanol–water partition coefficient (Wildman–Crippen LogP) is 4.99. The number of hydrogen-bond donors (Lipinski definition) is 1. The fourth-order valence-electron chi connectivity index (χ4n) is 5.70. The number of rotatable bonds is 6. The molecular weight excluding hydrogens is 468 g/mol. The van der Waals surface area contributed by atoms with Crippen LogP contribution < -0.4 is 4.74 Å². The maximum absolute atomic E-state index is 13.5. The average molecular weight is 501 g/mol. The molecule has 0 radical (unpaired) electrons. The second-order valence-corrected chi connectivity index (χ2v) is 9.88. The van der Waals surface area contributed by atoms with E-state index in [9.17, 15) is 14.7 Å². The Labute approximate surface area is 216 Å². The molecule has 1 amide bonds. The van der Waals surface area contributed by atoms with Gasteiger partial charge in [-0.3, -0.25) is 14.5 Å². The summed E-state index contributed by atoms with van der Waals surface area (Å²) in [6.45, 7) is 6.25. The Morgan fingerprint density at radius 3 is 2.43 bits per heavy atom. The molecule has 5 rings (SSSR count). The van der Waals surface area contributed by atoms with Gasteiger partial charge in [0, 0.05) is 25.7 Å². The molecule has 192 valence electrons. The highest BCUT2D eigenvalue weighted by molar-refractivity contribution is 6.46. The van der Waals surface area contributed by atoms with Gasteiger partial charge in [0.15, 0.2) is 0 Å². The van der Waals surface area contributed by atoms with Gasteiger partial charge < -0.3 is 19.2 Å². The summed E-state index contributed by atoms with van der Waals surface area (Å²) in [5.41, 5.74) is 3.43. The van der Waals surface area contributed by atoms with Crippen molar-refractivity contribution >= 4 is 17.4 Å². The van der Waals surface area contributed by atoms with Crippen LogP contribution in [0.5, 0.6) is 5.75 Å². The van der Waals surface area contributed by atoms with E-state index in [1.54, 1.807) is 23.1 Å². The zero-order valence-electron chi connectivity index (χ0n) is 21.4. The molecule has 0 saturated carbocycles. The molecule has 2 aromatic carbocycles. The average Bonchev–Trinajstić information content (AvgIpc) is 3.51. The number of carbonyl (C=O) groups is 2. The van der Waals surface area contributed by atoms with Crippen molar-refractivity contribution in [2.24, 2.45) is 0 Å². The van der Waals surface area contributed by atoms with E-state index < -0.39 is 17.7 Å². The third kappa shape index (κ3) is 4.67. The normalized spacial score (nSPS) is 20.5. The number of ketones is 1. The molecule has 1 aromatic heterocycles. The van der Waals surface area contributed by atoms with Gasteiger partial charge in [-0.2, -0.15) is 0 Å². The van der Waals surface area contributed by atoms with Crippen LogP contribution in [-0.2, 0) is 16.1 Å². The summed E-state index contributed by atoms with van der Waals surface area (Å²) in [4.78, 5) is 30.9. The summed E-state index contributed by atoms with van der Waals surface area (Å²) < 4.78 is 11.3. The van der Waals surface area contributed by atoms with Gasteiger partial charge in [-0.05, 0) is 61.6 Å². The van der Waals surface area contributed by atoms with Crippen LogP contribution in [0.25, 0.3) is 5.76 Å². The first-order valence-electron chi connectivity index (χ1n) is 12.6. The molecule has 7 nitrogen and oxygen atoms in total. The number of aliphatic hydroxyl groups excluding tert-OH is 1. The van der Waals surface area contributed by atoms with Crippen molar-refractivity contribution < 1.29 is 23.8 Å². The summed E-state index contributed by atoms with van der Waals surface area (Å²) in [6, 6.07) is 16.6. The van der Waals surface area contributed by atoms with E-state index in [4.69, 9.17) is 9.15 Å². The third-order valence-electron chi connectivity index (χ3n) is 7.37. The Kier molecular flexibility index (Phi) is 6.89. The first-order valence-corrected chi connectivity index (χ1v) is 12.6. The molecule has 1 unspecified atom stereocenters. The number of methoxy groups -OCH3 is 1. The molecule has 7 heteroatoms. The minimum atomic E-state index is -0.800. The molecule has 1 N–H and O–H groups in total. The minimum Gasteiger partial charge on any atom is -0.507 e. The van der Waals surface area contributed by atoms with Crippen molar-refractivity contribution in [2.45, 2.75) is 45.3 Å². The number of aryl methyl sites for hydroxylation is 2. The second kappa shape index (κ2) is 10.3. The molecule has 2 fully saturated rings. The maximum atomic E-state index is 13.5. The van der Waals surface area contributed by atoms with Gasteiger partial charge in [-0.1, -0.05) is 36.4 Å². The highest BCUT2D eigenvalue weighted by atomic mass is 16.5. The first kappa shape index (κ1) is 24.8. The van der Waals surface area contributed by atoms with Crippen LogP contribution in [0.3, 0.4) is 0 Å². The first-order chi connectivity index (χ1) is 17.9. The fraction of sp³-hybridized carbons (Fsp3) is 0.333. The van der Waals surface area contributed by atoms with E-state index in [0.717, 1.165) is 43.6 Å². The van der Waals surface area contributed by atoms with Gasteiger partial charge >= 0.3 is 0 Å². The van der Waals surface area contributed by atoms with Crippen LogP contribution in [-0.4, -0.2) is 52.8 Å². The van der Waals surface area contributed by atoms with E-state index in [1.807, 2.05) is 38.1 Å². The minimum absolute atomic E-state index is 0.0370. The van der Waals surface area contributed by atoms with Gasteiger partial charge in [0.25, 0.3) is 11.7 Å². The standard InChI is InChI=1S/C30H32N2O5/c1-19-16-20(2)29(36-3)23(17-19)27(33)25-26(24-10-7-15-37-24)32(30(35)28(25)34)22-11-13-31(14-12-22)18-21-8-5-4-6-9-21/h4-10,15-17,22,26,33H,11-14,18H2,1-3H3/b27-25-. The summed E-state index contributed by atoms with van der Waals surface area (Å²) in [7, 11) is 1.53. The molecule has 2 aliphatic heterocycles.